The number of hydrogen-bond donors (Lipinski definition) is 10. The van der Waals surface area contributed by atoms with E-state index in [2.05, 4.69) is 13.2 Å². The second-order valence-corrected chi connectivity index (χ2v) is 13.5. The van der Waals surface area contributed by atoms with E-state index in [1.165, 1.54) is 13.8 Å². The van der Waals surface area contributed by atoms with Crippen molar-refractivity contribution >= 4 is 65.4 Å². The second kappa shape index (κ2) is 41.2. The fourth-order valence-electron chi connectivity index (χ4n) is 3.78. The van der Waals surface area contributed by atoms with Crippen LogP contribution in [-0.2, 0) is 38.2 Å². The van der Waals surface area contributed by atoms with Gasteiger partial charge in [0, 0.05) is 36.8 Å². The average Bonchev–Trinajstić information content (AvgIpc) is 3.15. The average molecular weight is 837 g/mol. The molecule has 10 N–H and O–H groups in total. The van der Waals surface area contributed by atoms with Crippen molar-refractivity contribution in [3.05, 3.63) is 24.3 Å². The molecule has 0 aromatic heterocycles. The number of aliphatic hydroxyl groups is 6. The van der Waals surface area contributed by atoms with Crippen LogP contribution in [0.3, 0.4) is 0 Å². The molecule has 0 amide bonds. The van der Waals surface area contributed by atoms with E-state index in [1.54, 1.807) is 0 Å². The minimum atomic E-state index is -1.18. The Balaban J connectivity index is -0.000000210. The molecular weight excluding hydrogens is 767 g/mol. The number of hydrogen-bond acceptors (Lipinski definition) is 14. The van der Waals surface area contributed by atoms with E-state index < -0.39 is 86.3 Å². The zero-order chi connectivity index (χ0) is 44.0. The Labute approximate surface area is 357 Å². The Morgan fingerprint density at radius 1 is 0.404 bits per heavy atom. The molecule has 0 unspecified atom stereocenters. The van der Waals surface area contributed by atoms with E-state index in [-0.39, 0.29) is 79.6 Å². The van der Waals surface area contributed by atoms with Gasteiger partial charge in [0.1, 0.15) is 13.2 Å². The Kier molecular flexibility index (Phi) is 45.7. The standard InChI is InChI=1S/2C10H18O4.2C9H16O5.Na.H/c2*11-9(12)7-5-3-1-2-4-6-8-10(13)14;2*1-7(2)8(13)14-6-9(3-10,4-11)5-12;;/h2*1-8H2,(H,11,12)(H,13,14);2*10-12H,1,3-6H2,2H3;;. The molecule has 0 aliphatic rings. The molecule has 0 radical (unpaired) electrons. The molecule has 57 heavy (non-hydrogen) atoms. The van der Waals surface area contributed by atoms with Crippen LogP contribution in [0.15, 0.2) is 24.3 Å². The van der Waals surface area contributed by atoms with E-state index >= 15 is 0 Å². The molecule has 0 aliphatic heterocycles. The van der Waals surface area contributed by atoms with Crippen molar-refractivity contribution in [2.24, 2.45) is 10.8 Å². The van der Waals surface area contributed by atoms with Crippen molar-refractivity contribution in [3.63, 3.8) is 0 Å². The first kappa shape index (κ1) is 63.2. The molecule has 0 bridgehead atoms. The zero-order valence-electron chi connectivity index (χ0n) is 33.1. The van der Waals surface area contributed by atoms with Crippen LogP contribution in [0.2, 0.25) is 0 Å². The molecule has 0 atom stereocenters. The van der Waals surface area contributed by atoms with E-state index in [9.17, 15) is 28.8 Å². The van der Waals surface area contributed by atoms with Gasteiger partial charge in [-0.15, -0.1) is 0 Å². The number of aliphatic carboxylic acids is 4. The third kappa shape index (κ3) is 42.5. The van der Waals surface area contributed by atoms with Crippen LogP contribution < -0.4 is 0 Å². The number of esters is 2. The Morgan fingerprint density at radius 2 is 0.579 bits per heavy atom. The first-order valence-corrected chi connectivity index (χ1v) is 18.5. The monoisotopic (exact) mass is 836 g/mol. The summed E-state index contributed by atoms with van der Waals surface area (Å²) in [5.74, 6) is -4.17. The summed E-state index contributed by atoms with van der Waals surface area (Å²) in [7, 11) is 0. The number of carbonyl (C=O) groups excluding carboxylic acids is 2. The number of aliphatic hydroxyl groups excluding tert-OH is 6. The number of rotatable bonds is 30. The third-order valence-corrected chi connectivity index (χ3v) is 7.79. The molecule has 0 aliphatic carbocycles. The van der Waals surface area contributed by atoms with Crippen LogP contribution in [0, 0.1) is 10.8 Å². The van der Waals surface area contributed by atoms with E-state index in [1.807, 2.05) is 0 Å². The summed E-state index contributed by atoms with van der Waals surface area (Å²) in [6, 6.07) is 0. The summed E-state index contributed by atoms with van der Waals surface area (Å²) in [5.41, 5.74) is -1.89. The van der Waals surface area contributed by atoms with Crippen molar-refractivity contribution < 1.29 is 89.3 Å². The van der Waals surface area contributed by atoms with Gasteiger partial charge in [0.25, 0.3) is 0 Å². The van der Waals surface area contributed by atoms with Crippen molar-refractivity contribution in [2.45, 2.75) is 117 Å². The minimum absolute atomic E-state index is 0. The number of carboxylic acid groups (broad SMARTS) is 4. The van der Waals surface area contributed by atoms with Gasteiger partial charge in [-0.05, 0) is 39.5 Å². The van der Waals surface area contributed by atoms with Crippen molar-refractivity contribution in [2.75, 3.05) is 52.9 Å². The molecule has 0 rings (SSSR count). The molecule has 18 nitrogen and oxygen atoms in total. The van der Waals surface area contributed by atoms with Crippen LogP contribution >= 0.6 is 0 Å². The van der Waals surface area contributed by atoms with Gasteiger partial charge >= 0.3 is 65.4 Å². The zero-order valence-corrected chi connectivity index (χ0v) is 33.1. The molecule has 0 fully saturated rings. The number of ether oxygens (including phenoxy) is 2. The summed E-state index contributed by atoms with van der Waals surface area (Å²) in [6.07, 6.45) is 11.6. The SMILES string of the molecule is C=C(C)C(=O)OCC(CO)(CO)CO.C=C(C)C(=O)OCC(CO)(CO)CO.O=C(O)CCCCCCCCC(=O)O.O=C(O)CCCCCCCCC(=O)O.[NaH]. The van der Waals surface area contributed by atoms with Crippen LogP contribution in [0.25, 0.3) is 0 Å². The van der Waals surface area contributed by atoms with Gasteiger partial charge in [-0.1, -0.05) is 64.5 Å². The summed E-state index contributed by atoms with van der Waals surface area (Å²) in [5, 5.41) is 86.8. The molecule has 0 aromatic rings. The molecular formula is C38H69NaO18. The summed E-state index contributed by atoms with van der Waals surface area (Å²) < 4.78 is 9.45. The van der Waals surface area contributed by atoms with Crippen molar-refractivity contribution in [1.29, 1.82) is 0 Å². The Hall–Kier alpha value is -2.94. The fraction of sp³-hybridized carbons (Fsp3) is 0.737. The molecule has 330 valence electrons. The van der Waals surface area contributed by atoms with E-state index in [4.69, 9.17) is 60.5 Å². The first-order valence-electron chi connectivity index (χ1n) is 18.5. The Morgan fingerprint density at radius 3 is 0.719 bits per heavy atom. The quantitative estimate of drug-likeness (QED) is 0.0214. The molecule has 0 spiro atoms. The topological polar surface area (TPSA) is 323 Å². The maximum atomic E-state index is 11.0. The van der Waals surface area contributed by atoms with Crippen LogP contribution in [-0.4, -0.2) is 169 Å². The number of carbonyl (C=O) groups is 6. The van der Waals surface area contributed by atoms with Gasteiger partial charge in [-0.25, -0.2) is 9.59 Å². The van der Waals surface area contributed by atoms with Crippen LogP contribution in [0.4, 0.5) is 0 Å². The molecule has 19 heteroatoms. The number of unbranched alkanes of at least 4 members (excludes halogenated alkanes) is 10. The summed E-state index contributed by atoms with van der Waals surface area (Å²) in [4.78, 5) is 62.5. The molecule has 0 saturated carbocycles. The van der Waals surface area contributed by atoms with E-state index in [0.29, 0.717) is 0 Å². The van der Waals surface area contributed by atoms with E-state index in [0.717, 1.165) is 77.0 Å². The van der Waals surface area contributed by atoms with Crippen molar-refractivity contribution in [3.8, 4) is 0 Å². The van der Waals surface area contributed by atoms with Gasteiger partial charge < -0.3 is 60.5 Å². The molecule has 0 saturated heterocycles. The number of carboxylic acids is 4. The Bertz CT molecular complexity index is 977. The summed E-state index contributed by atoms with van der Waals surface area (Å²) >= 11 is 0. The fourth-order valence-corrected chi connectivity index (χ4v) is 3.78. The van der Waals surface area contributed by atoms with Gasteiger partial charge in [0.2, 0.25) is 0 Å². The van der Waals surface area contributed by atoms with Gasteiger partial charge in [0.05, 0.1) is 50.5 Å². The second-order valence-electron chi connectivity index (χ2n) is 13.5. The van der Waals surface area contributed by atoms with Gasteiger partial charge in [0.15, 0.2) is 0 Å². The first-order chi connectivity index (χ1) is 26.3. The predicted molar refractivity (Wildman–Crippen MR) is 210 cm³/mol. The summed E-state index contributed by atoms with van der Waals surface area (Å²) in [6.45, 7) is 6.52. The predicted octanol–water partition coefficient (Wildman–Crippen LogP) is 2.04. The van der Waals surface area contributed by atoms with Crippen molar-refractivity contribution in [1.82, 2.24) is 0 Å². The molecule has 0 heterocycles. The maximum absolute atomic E-state index is 11.0. The third-order valence-electron chi connectivity index (χ3n) is 7.79. The van der Waals surface area contributed by atoms with Crippen LogP contribution in [0.1, 0.15) is 117 Å². The van der Waals surface area contributed by atoms with Gasteiger partial charge in [-0.3, -0.25) is 19.2 Å². The van der Waals surface area contributed by atoms with Gasteiger partial charge in [-0.2, -0.15) is 0 Å². The molecule has 0 aromatic carbocycles. The normalized spacial score (nSPS) is 10.4. The van der Waals surface area contributed by atoms with Crippen LogP contribution in [0.5, 0.6) is 0 Å².